The molecular weight excluding hydrogens is 412 g/mol. The van der Waals surface area contributed by atoms with Gasteiger partial charge >= 0.3 is 0 Å². The van der Waals surface area contributed by atoms with Crippen LogP contribution in [0.25, 0.3) is 0 Å². The third-order valence-electron chi connectivity index (χ3n) is 5.13. The summed E-state index contributed by atoms with van der Waals surface area (Å²) in [6.45, 7) is 4.65. The Balaban J connectivity index is 1.51. The van der Waals surface area contributed by atoms with Crippen LogP contribution in [-0.2, 0) is 4.79 Å². The summed E-state index contributed by atoms with van der Waals surface area (Å²) in [7, 11) is 0. The molecule has 5 nitrogen and oxygen atoms in total. The van der Waals surface area contributed by atoms with Crippen LogP contribution in [0.1, 0.15) is 39.5 Å². The molecule has 0 spiro atoms. The lowest BCUT2D eigenvalue weighted by Gasteiger charge is -2.26. The Morgan fingerprint density at radius 2 is 2.07 bits per heavy atom. The van der Waals surface area contributed by atoms with Gasteiger partial charge in [-0.3, -0.25) is 9.78 Å². The molecule has 30 heavy (non-hydrogen) atoms. The molecule has 1 fully saturated rings. The van der Waals surface area contributed by atoms with Crippen molar-refractivity contribution in [2.45, 2.75) is 32.4 Å². The predicted molar refractivity (Wildman–Crippen MR) is 126 cm³/mol. The Kier molecular flexibility index (Phi) is 6.11. The van der Waals surface area contributed by atoms with Gasteiger partial charge in [-0.2, -0.15) is 0 Å². The second kappa shape index (κ2) is 8.93. The molecule has 2 aromatic heterocycles. The molecular formula is C23H24N4OS2. The van der Waals surface area contributed by atoms with Gasteiger partial charge in [-0.15, -0.1) is 11.3 Å². The van der Waals surface area contributed by atoms with Gasteiger partial charge < -0.3 is 15.5 Å². The number of nitrogens with one attached hydrogen (secondary N) is 2. The summed E-state index contributed by atoms with van der Waals surface area (Å²) in [5, 5.41) is 7.07. The predicted octanol–water partition coefficient (Wildman–Crippen LogP) is 4.76. The van der Waals surface area contributed by atoms with Gasteiger partial charge in [0.15, 0.2) is 5.11 Å². The molecule has 1 aliphatic rings. The van der Waals surface area contributed by atoms with Crippen LogP contribution in [0.4, 0.5) is 5.69 Å². The van der Waals surface area contributed by atoms with Gasteiger partial charge in [-0.05, 0) is 68.0 Å². The SMILES string of the molecule is Cc1cccc(NC(=O)CCN2C(=S)N[C@@H](c3ccccn3)[C@@H]2c2ccc(C)s2)c1. The quantitative estimate of drug-likeness (QED) is 0.546. The molecule has 1 aromatic carbocycles. The molecule has 154 valence electrons. The minimum atomic E-state index is -0.0448. The molecule has 1 saturated heterocycles. The summed E-state index contributed by atoms with van der Waals surface area (Å²) in [5.41, 5.74) is 2.88. The van der Waals surface area contributed by atoms with Crippen LogP contribution in [0.15, 0.2) is 60.8 Å². The summed E-state index contributed by atoms with van der Waals surface area (Å²) in [4.78, 5) is 21.7. The number of thiophene rings is 1. The van der Waals surface area contributed by atoms with Gasteiger partial charge in [0.25, 0.3) is 0 Å². The molecule has 0 radical (unpaired) electrons. The Morgan fingerprint density at radius 1 is 1.20 bits per heavy atom. The van der Waals surface area contributed by atoms with Gasteiger partial charge in [-0.25, -0.2) is 0 Å². The topological polar surface area (TPSA) is 57.3 Å². The maximum atomic E-state index is 12.6. The number of nitrogens with zero attached hydrogens (tertiary/aromatic N) is 2. The third-order valence-corrected chi connectivity index (χ3v) is 6.56. The number of pyridine rings is 1. The molecule has 1 amide bonds. The van der Waals surface area contributed by atoms with Crippen molar-refractivity contribution in [2.24, 2.45) is 0 Å². The highest BCUT2D eigenvalue weighted by Gasteiger charge is 2.40. The van der Waals surface area contributed by atoms with E-state index in [1.165, 1.54) is 9.75 Å². The van der Waals surface area contributed by atoms with Gasteiger partial charge in [0.05, 0.1) is 17.8 Å². The van der Waals surface area contributed by atoms with E-state index >= 15 is 0 Å². The number of thiocarbonyl (C=S) groups is 1. The molecule has 2 atom stereocenters. The number of anilines is 1. The minimum Gasteiger partial charge on any atom is -0.352 e. The first kappa shape index (κ1) is 20.5. The smallest absolute Gasteiger partial charge is 0.226 e. The van der Waals surface area contributed by atoms with Crippen LogP contribution in [0.2, 0.25) is 0 Å². The Morgan fingerprint density at radius 3 is 2.77 bits per heavy atom. The lowest BCUT2D eigenvalue weighted by Crippen LogP contribution is -2.32. The zero-order valence-corrected chi connectivity index (χ0v) is 18.6. The monoisotopic (exact) mass is 436 g/mol. The average Bonchev–Trinajstić information content (AvgIpc) is 3.30. The number of hydrogen-bond donors (Lipinski definition) is 2. The average molecular weight is 437 g/mol. The standard InChI is InChI=1S/C23H24N4OS2/c1-15-6-5-7-17(14-15)25-20(28)11-13-27-22(19-10-9-16(2)30-19)21(26-23(27)29)18-8-3-4-12-24-18/h3-10,12,14,21-22H,11,13H2,1-2H3,(H,25,28)(H,26,29)/t21-,22-/m0/s1. The largest absolute Gasteiger partial charge is 0.352 e. The van der Waals surface area contributed by atoms with Crippen molar-refractivity contribution in [3.05, 3.63) is 81.8 Å². The number of carbonyl (C=O) groups excluding carboxylic acids is 1. The summed E-state index contributed by atoms with van der Waals surface area (Å²) in [5.74, 6) is -0.0224. The highest BCUT2D eigenvalue weighted by Crippen LogP contribution is 2.41. The van der Waals surface area contributed by atoms with Gasteiger partial charge in [0, 0.05) is 34.6 Å². The number of amides is 1. The first-order valence-electron chi connectivity index (χ1n) is 9.92. The van der Waals surface area contributed by atoms with Crippen molar-refractivity contribution in [1.29, 1.82) is 0 Å². The lowest BCUT2D eigenvalue weighted by molar-refractivity contribution is -0.116. The first-order valence-corrected chi connectivity index (χ1v) is 11.1. The zero-order chi connectivity index (χ0) is 21.1. The van der Waals surface area contributed by atoms with Crippen LogP contribution >= 0.6 is 23.6 Å². The van der Waals surface area contributed by atoms with Gasteiger partial charge in [0.2, 0.25) is 5.91 Å². The van der Waals surface area contributed by atoms with Crippen molar-refractivity contribution in [1.82, 2.24) is 15.2 Å². The van der Waals surface area contributed by atoms with Gasteiger partial charge in [-0.1, -0.05) is 18.2 Å². The number of aryl methyl sites for hydroxylation is 2. The number of benzene rings is 1. The van der Waals surface area contributed by atoms with E-state index in [0.29, 0.717) is 18.1 Å². The fraction of sp³-hybridized carbons (Fsp3) is 0.261. The number of rotatable bonds is 6. The van der Waals surface area contributed by atoms with Crippen molar-refractivity contribution in [3.8, 4) is 0 Å². The van der Waals surface area contributed by atoms with Crippen molar-refractivity contribution in [3.63, 3.8) is 0 Å². The third kappa shape index (κ3) is 4.52. The molecule has 4 rings (SSSR count). The van der Waals surface area contributed by atoms with Crippen molar-refractivity contribution in [2.75, 3.05) is 11.9 Å². The molecule has 0 aliphatic carbocycles. The normalized spacial score (nSPS) is 18.3. The molecule has 2 N–H and O–H groups in total. The van der Waals surface area contributed by atoms with Crippen molar-refractivity contribution < 1.29 is 4.79 Å². The Bertz CT molecular complexity index is 1050. The van der Waals surface area contributed by atoms with E-state index in [4.69, 9.17) is 12.2 Å². The number of carbonyl (C=O) groups is 1. The van der Waals surface area contributed by atoms with Crippen LogP contribution < -0.4 is 10.6 Å². The second-order valence-corrected chi connectivity index (χ2v) is 9.14. The van der Waals surface area contributed by atoms with Crippen molar-refractivity contribution >= 4 is 40.3 Å². The summed E-state index contributed by atoms with van der Waals surface area (Å²) < 4.78 is 0. The molecule has 1 aliphatic heterocycles. The van der Waals surface area contributed by atoms with Crippen LogP contribution in [0, 0.1) is 13.8 Å². The lowest BCUT2D eigenvalue weighted by atomic mass is 10.0. The summed E-state index contributed by atoms with van der Waals surface area (Å²) in [6, 6.07) is 18.0. The fourth-order valence-corrected chi connectivity index (χ4v) is 5.10. The highest BCUT2D eigenvalue weighted by molar-refractivity contribution is 7.80. The highest BCUT2D eigenvalue weighted by atomic mass is 32.1. The molecule has 7 heteroatoms. The molecule has 3 heterocycles. The zero-order valence-electron chi connectivity index (χ0n) is 17.0. The summed E-state index contributed by atoms with van der Waals surface area (Å²) >= 11 is 7.42. The van der Waals surface area contributed by atoms with E-state index in [-0.39, 0.29) is 18.0 Å². The molecule has 0 saturated carbocycles. The van der Waals surface area contributed by atoms with Crippen LogP contribution in [-0.4, -0.2) is 27.4 Å². The minimum absolute atomic E-state index is 0.0119. The van der Waals surface area contributed by atoms with Gasteiger partial charge in [0.1, 0.15) is 0 Å². The fourth-order valence-electron chi connectivity index (χ4n) is 3.74. The van der Waals surface area contributed by atoms with Crippen LogP contribution in [0.5, 0.6) is 0 Å². The van der Waals surface area contributed by atoms with E-state index in [9.17, 15) is 4.79 Å². The van der Waals surface area contributed by atoms with E-state index in [2.05, 4.69) is 39.6 Å². The molecule has 0 bridgehead atoms. The molecule has 0 unspecified atom stereocenters. The number of hydrogen-bond acceptors (Lipinski definition) is 4. The Hall–Kier alpha value is -2.77. The number of aromatic nitrogens is 1. The van der Waals surface area contributed by atoms with E-state index in [1.807, 2.05) is 49.4 Å². The second-order valence-electron chi connectivity index (χ2n) is 7.44. The maximum Gasteiger partial charge on any atom is 0.226 e. The first-order chi connectivity index (χ1) is 14.5. The molecule has 3 aromatic rings. The van der Waals surface area contributed by atoms with E-state index < -0.39 is 0 Å². The summed E-state index contributed by atoms with van der Waals surface area (Å²) in [6.07, 6.45) is 2.15. The van der Waals surface area contributed by atoms with Crippen LogP contribution in [0.3, 0.4) is 0 Å². The van der Waals surface area contributed by atoms with E-state index in [1.54, 1.807) is 17.5 Å². The van der Waals surface area contributed by atoms with E-state index in [0.717, 1.165) is 16.9 Å². The maximum absolute atomic E-state index is 12.6. The Labute approximate surface area is 186 Å².